The van der Waals surface area contributed by atoms with E-state index in [0.29, 0.717) is 30.1 Å². The number of sulfonamides is 1. The monoisotopic (exact) mass is 394 g/mol. The number of methoxy groups -OCH3 is 1. The normalized spacial score (nSPS) is 11.4. The van der Waals surface area contributed by atoms with Crippen LogP contribution in [0, 0.1) is 24.0 Å². The van der Waals surface area contributed by atoms with E-state index in [9.17, 15) is 18.5 Å². The summed E-state index contributed by atoms with van der Waals surface area (Å²) in [6.07, 6.45) is 0. The highest BCUT2D eigenvalue weighted by molar-refractivity contribution is 7.89. The van der Waals surface area contributed by atoms with Crippen molar-refractivity contribution in [3.8, 4) is 5.75 Å². The van der Waals surface area contributed by atoms with Crippen molar-refractivity contribution in [1.29, 1.82) is 0 Å². The lowest BCUT2D eigenvalue weighted by Crippen LogP contribution is -2.24. The van der Waals surface area contributed by atoms with Crippen molar-refractivity contribution in [3.05, 3.63) is 63.2 Å². The predicted octanol–water partition coefficient (Wildman–Crippen LogP) is 2.72. The summed E-state index contributed by atoms with van der Waals surface area (Å²) in [5.74, 6) is 0.656. The quantitative estimate of drug-likeness (QED) is 0.398. The molecule has 0 amide bonds. The molecule has 0 saturated heterocycles. The summed E-state index contributed by atoms with van der Waals surface area (Å²) in [6, 6.07) is 9.41. The Kier molecular flexibility index (Phi) is 6.89. The minimum absolute atomic E-state index is 0.0574. The Morgan fingerprint density at radius 3 is 2.37 bits per heavy atom. The molecule has 0 fully saturated rings. The molecule has 8 nitrogen and oxygen atoms in total. The lowest BCUT2D eigenvalue weighted by molar-refractivity contribution is -0.385. The summed E-state index contributed by atoms with van der Waals surface area (Å²) in [6.45, 7) is 4.22. The van der Waals surface area contributed by atoms with Crippen LogP contribution >= 0.6 is 0 Å². The Hall–Kier alpha value is -2.49. The molecule has 2 aromatic rings. The van der Waals surface area contributed by atoms with E-state index in [1.807, 2.05) is 0 Å². The highest BCUT2D eigenvalue weighted by Gasteiger charge is 2.22. The van der Waals surface area contributed by atoms with Crippen molar-refractivity contribution in [1.82, 2.24) is 4.72 Å². The molecule has 0 unspecified atom stereocenters. The van der Waals surface area contributed by atoms with E-state index >= 15 is 0 Å². The number of nitrogens with zero attached hydrogens (tertiary/aromatic N) is 1. The van der Waals surface area contributed by atoms with Crippen LogP contribution in [-0.4, -0.2) is 33.7 Å². The van der Waals surface area contributed by atoms with Crippen molar-refractivity contribution in [2.24, 2.45) is 0 Å². The van der Waals surface area contributed by atoms with E-state index < -0.39 is 14.9 Å². The van der Waals surface area contributed by atoms with Gasteiger partial charge >= 0.3 is 0 Å². The fraction of sp³-hybridized carbons (Fsp3) is 0.333. The third-order valence-electron chi connectivity index (χ3n) is 4.05. The van der Waals surface area contributed by atoms with Gasteiger partial charge in [0, 0.05) is 25.8 Å². The summed E-state index contributed by atoms with van der Waals surface area (Å²) < 4.78 is 38.1. The number of benzene rings is 2. The lowest BCUT2D eigenvalue weighted by Gasteiger charge is -2.12. The molecule has 0 radical (unpaired) electrons. The van der Waals surface area contributed by atoms with Crippen LogP contribution < -0.4 is 9.46 Å². The van der Waals surface area contributed by atoms with Gasteiger partial charge in [0.25, 0.3) is 5.69 Å². The summed E-state index contributed by atoms with van der Waals surface area (Å²) >= 11 is 0. The zero-order valence-corrected chi connectivity index (χ0v) is 16.2. The minimum atomic E-state index is -3.90. The van der Waals surface area contributed by atoms with Gasteiger partial charge in [-0.3, -0.25) is 10.1 Å². The smallest absolute Gasteiger partial charge is 0.271 e. The Labute approximate surface area is 158 Å². The van der Waals surface area contributed by atoms with E-state index in [1.165, 1.54) is 6.07 Å². The van der Waals surface area contributed by atoms with Gasteiger partial charge in [-0.25, -0.2) is 13.1 Å². The van der Waals surface area contributed by atoms with Crippen molar-refractivity contribution >= 4 is 15.7 Å². The molecule has 0 heterocycles. The summed E-state index contributed by atoms with van der Waals surface area (Å²) in [4.78, 5) is 10.3. The van der Waals surface area contributed by atoms with Gasteiger partial charge < -0.3 is 9.47 Å². The molecule has 0 spiro atoms. The van der Waals surface area contributed by atoms with Crippen LogP contribution in [0.5, 0.6) is 5.75 Å². The first-order valence-corrected chi connectivity index (χ1v) is 9.69. The predicted molar refractivity (Wildman–Crippen MR) is 100 cm³/mol. The average molecular weight is 394 g/mol. The van der Waals surface area contributed by atoms with Gasteiger partial charge in [0.05, 0.1) is 16.4 Å². The summed E-state index contributed by atoms with van der Waals surface area (Å²) in [5.41, 5.74) is 1.51. The van der Waals surface area contributed by atoms with Gasteiger partial charge in [-0.15, -0.1) is 0 Å². The lowest BCUT2D eigenvalue weighted by atomic mass is 10.1. The highest BCUT2D eigenvalue weighted by Crippen LogP contribution is 2.25. The van der Waals surface area contributed by atoms with Gasteiger partial charge in [0.2, 0.25) is 10.0 Å². The zero-order chi connectivity index (χ0) is 20.0. The van der Waals surface area contributed by atoms with Gasteiger partial charge in [0.1, 0.15) is 12.4 Å². The van der Waals surface area contributed by atoms with Crippen LogP contribution in [0.2, 0.25) is 0 Å². The number of nitro benzene ring substituents is 1. The topological polar surface area (TPSA) is 108 Å². The number of nitro groups is 1. The van der Waals surface area contributed by atoms with Gasteiger partial charge in [0.15, 0.2) is 0 Å². The summed E-state index contributed by atoms with van der Waals surface area (Å²) in [7, 11) is -2.31. The molecule has 27 heavy (non-hydrogen) atoms. The molecule has 2 aromatic carbocycles. The molecule has 146 valence electrons. The molecule has 0 bridgehead atoms. The second kappa shape index (κ2) is 8.94. The SMILES string of the molecule is COCCOc1ccc(CNS(=O)(=O)c2cc([N+](=O)[O-])cc(C)c2C)cc1. The maximum Gasteiger partial charge on any atom is 0.271 e. The Balaban J connectivity index is 2.12. The van der Waals surface area contributed by atoms with Crippen LogP contribution in [-0.2, 0) is 21.3 Å². The third kappa shape index (κ3) is 5.49. The van der Waals surface area contributed by atoms with Crippen LogP contribution in [0.4, 0.5) is 5.69 Å². The van der Waals surface area contributed by atoms with Gasteiger partial charge in [-0.05, 0) is 42.7 Å². The first-order chi connectivity index (χ1) is 12.7. The van der Waals surface area contributed by atoms with Crippen LogP contribution in [0.25, 0.3) is 0 Å². The van der Waals surface area contributed by atoms with Crippen LogP contribution in [0.15, 0.2) is 41.3 Å². The molecular weight excluding hydrogens is 372 g/mol. The maximum absolute atomic E-state index is 12.6. The van der Waals surface area contributed by atoms with E-state index in [0.717, 1.165) is 11.6 Å². The van der Waals surface area contributed by atoms with Crippen molar-refractivity contribution in [2.45, 2.75) is 25.3 Å². The summed E-state index contributed by atoms with van der Waals surface area (Å²) in [5, 5.41) is 11.0. The molecule has 9 heteroatoms. The Morgan fingerprint density at radius 2 is 1.78 bits per heavy atom. The molecule has 2 rings (SSSR count). The molecule has 0 aliphatic carbocycles. The third-order valence-corrected chi connectivity index (χ3v) is 5.58. The van der Waals surface area contributed by atoms with E-state index in [-0.39, 0.29) is 17.1 Å². The van der Waals surface area contributed by atoms with Crippen molar-refractivity contribution in [2.75, 3.05) is 20.3 Å². The fourth-order valence-electron chi connectivity index (χ4n) is 2.40. The molecular formula is C18H22N2O6S. The largest absolute Gasteiger partial charge is 0.491 e. The first-order valence-electron chi connectivity index (χ1n) is 8.20. The van der Waals surface area contributed by atoms with E-state index in [4.69, 9.17) is 9.47 Å². The zero-order valence-electron chi connectivity index (χ0n) is 15.4. The molecule has 0 aliphatic rings. The minimum Gasteiger partial charge on any atom is -0.491 e. The fourth-order valence-corrected chi connectivity index (χ4v) is 3.75. The van der Waals surface area contributed by atoms with Crippen molar-refractivity contribution in [3.63, 3.8) is 0 Å². The molecule has 0 atom stereocenters. The Morgan fingerprint density at radius 1 is 1.11 bits per heavy atom. The number of non-ortho nitro benzene ring substituents is 1. The maximum atomic E-state index is 12.6. The highest BCUT2D eigenvalue weighted by atomic mass is 32.2. The van der Waals surface area contributed by atoms with Crippen molar-refractivity contribution < 1.29 is 22.8 Å². The number of ether oxygens (including phenoxy) is 2. The van der Waals surface area contributed by atoms with Gasteiger partial charge in [-0.2, -0.15) is 0 Å². The second-order valence-corrected chi connectivity index (χ2v) is 7.69. The van der Waals surface area contributed by atoms with E-state index in [2.05, 4.69) is 4.72 Å². The second-order valence-electron chi connectivity index (χ2n) is 5.95. The number of rotatable bonds is 9. The molecule has 0 aliphatic heterocycles. The van der Waals surface area contributed by atoms with Crippen LogP contribution in [0.1, 0.15) is 16.7 Å². The number of nitrogens with one attached hydrogen (secondary N) is 1. The molecule has 1 N–H and O–H groups in total. The van der Waals surface area contributed by atoms with E-state index in [1.54, 1.807) is 45.2 Å². The number of hydrogen-bond acceptors (Lipinski definition) is 6. The molecule has 0 aromatic heterocycles. The standard InChI is InChI=1S/C18H22N2O6S/c1-13-10-16(20(21)22)11-18(14(13)2)27(23,24)19-12-15-4-6-17(7-5-15)26-9-8-25-3/h4-7,10-11,19H,8-9,12H2,1-3H3. The first kappa shape index (κ1) is 20.8. The van der Waals surface area contributed by atoms with Gasteiger partial charge in [-0.1, -0.05) is 12.1 Å². The molecule has 0 saturated carbocycles. The average Bonchev–Trinajstić information content (AvgIpc) is 2.63. The Bertz CT molecular complexity index is 910. The number of hydrogen-bond donors (Lipinski definition) is 1. The van der Waals surface area contributed by atoms with Crippen LogP contribution in [0.3, 0.4) is 0 Å². The number of aryl methyl sites for hydroxylation is 1.